The highest BCUT2D eigenvalue weighted by molar-refractivity contribution is 7.89. The van der Waals surface area contributed by atoms with E-state index in [2.05, 4.69) is 4.72 Å². The van der Waals surface area contributed by atoms with Gasteiger partial charge >= 0.3 is 5.97 Å². The number of hydrogen-bond acceptors (Lipinski definition) is 6. The second-order valence-electron chi connectivity index (χ2n) is 6.36. The van der Waals surface area contributed by atoms with Crippen molar-refractivity contribution in [1.82, 2.24) is 4.72 Å². The van der Waals surface area contributed by atoms with Gasteiger partial charge in [0.1, 0.15) is 6.61 Å². The monoisotopic (exact) mass is 400 g/mol. The largest absolute Gasteiger partial charge is 0.457 e. The van der Waals surface area contributed by atoms with Crippen LogP contribution < -0.4 is 4.72 Å². The molecule has 1 aliphatic heterocycles. The zero-order valence-electron chi connectivity index (χ0n) is 15.1. The fourth-order valence-electron chi connectivity index (χ4n) is 2.86. The van der Waals surface area contributed by atoms with E-state index in [0.717, 1.165) is 12.8 Å². The zero-order chi connectivity index (χ0) is 20.0. The maximum atomic E-state index is 12.5. The van der Waals surface area contributed by atoms with Crippen molar-refractivity contribution in [3.05, 3.63) is 65.2 Å². The molecule has 1 atom stereocenters. The Labute approximate surface area is 163 Å². The summed E-state index contributed by atoms with van der Waals surface area (Å²) in [5, 5.41) is 9.08. The first-order chi connectivity index (χ1) is 13.5. The number of nitrogens with one attached hydrogen (secondary N) is 1. The van der Waals surface area contributed by atoms with Crippen molar-refractivity contribution in [2.24, 2.45) is 0 Å². The van der Waals surface area contributed by atoms with E-state index in [4.69, 9.17) is 14.7 Å². The van der Waals surface area contributed by atoms with Crippen LogP contribution in [0.5, 0.6) is 0 Å². The molecular formula is C20H20N2O5S. The molecule has 1 saturated heterocycles. The van der Waals surface area contributed by atoms with E-state index in [-0.39, 0.29) is 29.7 Å². The van der Waals surface area contributed by atoms with E-state index < -0.39 is 16.0 Å². The van der Waals surface area contributed by atoms with Gasteiger partial charge in [-0.15, -0.1) is 0 Å². The Morgan fingerprint density at radius 3 is 2.82 bits per heavy atom. The average Bonchev–Trinajstić information content (AvgIpc) is 3.24. The topological polar surface area (TPSA) is 105 Å². The van der Waals surface area contributed by atoms with Gasteiger partial charge in [-0.25, -0.2) is 17.9 Å². The minimum atomic E-state index is -3.76. The third kappa shape index (κ3) is 4.95. The standard InChI is InChI=1S/C20H20N2O5S/c21-12-16-5-1-2-6-17(16)14-27-20(23)15-7-3-9-19(11-15)28(24,25)22-13-18-8-4-10-26-18/h1-3,5-7,9,11,18,22H,4,8,10,13-14H2/t18-/m1/s1. The van der Waals surface area contributed by atoms with Gasteiger partial charge in [-0.05, 0) is 37.1 Å². The van der Waals surface area contributed by atoms with Crippen LogP contribution in [0.3, 0.4) is 0 Å². The summed E-state index contributed by atoms with van der Waals surface area (Å²) in [6.45, 7) is 0.765. The lowest BCUT2D eigenvalue weighted by Gasteiger charge is -2.12. The Kier molecular flexibility index (Phi) is 6.41. The Morgan fingerprint density at radius 1 is 1.25 bits per heavy atom. The maximum Gasteiger partial charge on any atom is 0.338 e. The van der Waals surface area contributed by atoms with Crippen LogP contribution in [0.2, 0.25) is 0 Å². The third-order valence-electron chi connectivity index (χ3n) is 4.40. The Bertz CT molecular complexity index is 992. The Hall–Kier alpha value is -2.73. The van der Waals surface area contributed by atoms with Gasteiger partial charge in [-0.1, -0.05) is 24.3 Å². The number of ether oxygens (including phenoxy) is 2. The predicted octanol–water partition coefficient (Wildman–Crippen LogP) is 2.37. The molecule has 7 nitrogen and oxygen atoms in total. The summed E-state index contributed by atoms with van der Waals surface area (Å²) >= 11 is 0. The van der Waals surface area contributed by atoms with Gasteiger partial charge in [-0.3, -0.25) is 0 Å². The van der Waals surface area contributed by atoms with Crippen molar-refractivity contribution in [3.63, 3.8) is 0 Å². The molecule has 0 spiro atoms. The van der Waals surface area contributed by atoms with E-state index in [0.29, 0.717) is 17.7 Å². The number of nitrogens with zero attached hydrogens (tertiary/aromatic N) is 1. The van der Waals surface area contributed by atoms with Crippen LogP contribution in [0.15, 0.2) is 53.4 Å². The van der Waals surface area contributed by atoms with Gasteiger partial charge in [0.05, 0.1) is 28.2 Å². The predicted molar refractivity (Wildman–Crippen MR) is 101 cm³/mol. The smallest absolute Gasteiger partial charge is 0.338 e. The first-order valence-electron chi connectivity index (χ1n) is 8.86. The number of esters is 1. The number of hydrogen-bond donors (Lipinski definition) is 1. The number of carbonyl (C=O) groups excluding carboxylic acids is 1. The highest BCUT2D eigenvalue weighted by atomic mass is 32.2. The summed E-state index contributed by atoms with van der Waals surface area (Å²) in [5.41, 5.74) is 1.12. The molecule has 0 aliphatic carbocycles. The lowest BCUT2D eigenvalue weighted by atomic mass is 10.1. The van der Waals surface area contributed by atoms with Crippen molar-refractivity contribution in [2.75, 3.05) is 13.2 Å². The van der Waals surface area contributed by atoms with Crippen LogP contribution in [0.4, 0.5) is 0 Å². The second-order valence-corrected chi connectivity index (χ2v) is 8.13. The first kappa shape index (κ1) is 20.0. The molecule has 146 valence electrons. The molecule has 1 fully saturated rings. The molecule has 0 aromatic heterocycles. The third-order valence-corrected chi connectivity index (χ3v) is 5.82. The van der Waals surface area contributed by atoms with Crippen molar-refractivity contribution >= 4 is 16.0 Å². The summed E-state index contributed by atoms with van der Waals surface area (Å²) in [6, 6.07) is 14.5. The molecule has 0 amide bonds. The molecule has 0 unspecified atom stereocenters. The van der Waals surface area contributed by atoms with Gasteiger partial charge in [0.15, 0.2) is 0 Å². The van der Waals surface area contributed by atoms with Gasteiger partial charge in [0, 0.05) is 18.7 Å². The summed E-state index contributed by atoms with van der Waals surface area (Å²) in [5.74, 6) is -0.663. The molecule has 3 rings (SSSR count). The average molecular weight is 400 g/mol. The number of rotatable bonds is 7. The Balaban J connectivity index is 1.66. The summed E-state index contributed by atoms with van der Waals surface area (Å²) < 4.78 is 38.1. The summed E-state index contributed by atoms with van der Waals surface area (Å²) in [6.07, 6.45) is 1.62. The molecule has 1 heterocycles. The second kappa shape index (κ2) is 8.97. The number of benzene rings is 2. The fourth-order valence-corrected chi connectivity index (χ4v) is 3.98. The van der Waals surface area contributed by atoms with Crippen molar-refractivity contribution in [2.45, 2.75) is 30.4 Å². The molecule has 1 aliphatic rings. The van der Waals surface area contributed by atoms with Crippen molar-refractivity contribution in [3.8, 4) is 6.07 Å². The minimum absolute atomic E-state index is 0.0163. The lowest BCUT2D eigenvalue weighted by Crippen LogP contribution is -2.31. The first-order valence-corrected chi connectivity index (χ1v) is 10.3. The summed E-state index contributed by atoms with van der Waals surface area (Å²) in [4.78, 5) is 12.3. The van der Waals surface area contributed by atoms with Gasteiger partial charge in [0.25, 0.3) is 0 Å². The molecule has 0 radical (unpaired) electrons. The molecule has 2 aromatic rings. The van der Waals surface area contributed by atoms with Crippen molar-refractivity contribution in [1.29, 1.82) is 5.26 Å². The highest BCUT2D eigenvalue weighted by Gasteiger charge is 2.21. The molecule has 2 aromatic carbocycles. The minimum Gasteiger partial charge on any atom is -0.457 e. The molecule has 0 saturated carbocycles. The van der Waals surface area contributed by atoms with Crippen LogP contribution in [-0.4, -0.2) is 33.6 Å². The van der Waals surface area contributed by atoms with Gasteiger partial charge < -0.3 is 9.47 Å². The zero-order valence-corrected chi connectivity index (χ0v) is 15.9. The van der Waals surface area contributed by atoms with E-state index in [9.17, 15) is 13.2 Å². The van der Waals surface area contributed by atoms with Gasteiger partial charge in [-0.2, -0.15) is 5.26 Å². The van der Waals surface area contributed by atoms with E-state index in [1.54, 1.807) is 24.3 Å². The number of nitriles is 1. The highest BCUT2D eigenvalue weighted by Crippen LogP contribution is 2.16. The maximum absolute atomic E-state index is 12.5. The SMILES string of the molecule is N#Cc1ccccc1COC(=O)c1cccc(S(=O)(=O)NC[C@H]2CCCO2)c1. The van der Waals surface area contributed by atoms with Gasteiger partial charge in [0.2, 0.25) is 10.0 Å². The molecule has 28 heavy (non-hydrogen) atoms. The van der Waals surface area contributed by atoms with Crippen LogP contribution in [0.1, 0.15) is 34.3 Å². The van der Waals surface area contributed by atoms with E-state index >= 15 is 0 Å². The van der Waals surface area contributed by atoms with Crippen LogP contribution in [0.25, 0.3) is 0 Å². The molecule has 1 N–H and O–H groups in total. The molecular weight excluding hydrogens is 380 g/mol. The Morgan fingerprint density at radius 2 is 2.07 bits per heavy atom. The number of sulfonamides is 1. The van der Waals surface area contributed by atoms with Crippen LogP contribution in [-0.2, 0) is 26.1 Å². The van der Waals surface area contributed by atoms with Crippen molar-refractivity contribution < 1.29 is 22.7 Å². The normalized spacial score (nSPS) is 16.5. The van der Waals surface area contributed by atoms with E-state index in [1.165, 1.54) is 24.3 Å². The summed E-state index contributed by atoms with van der Waals surface area (Å²) in [7, 11) is -3.76. The molecule has 0 bridgehead atoms. The number of carbonyl (C=O) groups is 1. The fraction of sp³-hybridized carbons (Fsp3) is 0.300. The van der Waals surface area contributed by atoms with Crippen LogP contribution in [0, 0.1) is 11.3 Å². The van der Waals surface area contributed by atoms with E-state index in [1.807, 2.05) is 6.07 Å². The van der Waals surface area contributed by atoms with Crippen LogP contribution >= 0.6 is 0 Å². The lowest BCUT2D eigenvalue weighted by molar-refractivity contribution is 0.0472. The quantitative estimate of drug-likeness (QED) is 0.716. The molecule has 8 heteroatoms.